The monoisotopic (exact) mass is 298 g/mol. The molecule has 0 radical (unpaired) electrons. The molecule has 15 heavy (non-hydrogen) atoms. The summed E-state index contributed by atoms with van der Waals surface area (Å²) in [5.41, 5.74) is 0. The molecule has 0 bridgehead atoms. The van der Waals surface area contributed by atoms with Gasteiger partial charge < -0.3 is 4.74 Å². The fourth-order valence-electron chi connectivity index (χ4n) is 0.925. The summed E-state index contributed by atoms with van der Waals surface area (Å²) in [7, 11) is 0. The van der Waals surface area contributed by atoms with Crippen LogP contribution < -0.4 is 0 Å². The highest BCUT2D eigenvalue weighted by Crippen LogP contribution is 2.23. The molecule has 1 aromatic heterocycles. The molecule has 1 aromatic rings. The van der Waals surface area contributed by atoms with Crippen LogP contribution in [0.4, 0.5) is 8.78 Å². The molecule has 0 aliphatic heterocycles. The Bertz CT molecular complexity index is 328. The zero-order valence-electron chi connectivity index (χ0n) is 7.71. The van der Waals surface area contributed by atoms with Gasteiger partial charge in [0.25, 0.3) is 6.43 Å². The van der Waals surface area contributed by atoms with Crippen molar-refractivity contribution < 1.29 is 18.3 Å². The van der Waals surface area contributed by atoms with Crippen LogP contribution in [0, 0.1) is 0 Å². The Balaban J connectivity index is 2.25. The number of hydrogen-bond acceptors (Lipinski definition) is 3. The zero-order chi connectivity index (χ0) is 11.3. The van der Waals surface area contributed by atoms with E-state index < -0.39 is 13.0 Å². The highest BCUT2D eigenvalue weighted by atomic mass is 79.9. The SMILES string of the molecule is O=C(CCOCC(F)F)c1ccc(Br)s1. The number of carbonyl (C=O) groups is 1. The van der Waals surface area contributed by atoms with E-state index in [1.54, 1.807) is 12.1 Å². The van der Waals surface area contributed by atoms with Crippen molar-refractivity contribution >= 4 is 33.0 Å². The average Bonchev–Trinajstić information content (AvgIpc) is 2.59. The maximum Gasteiger partial charge on any atom is 0.261 e. The van der Waals surface area contributed by atoms with E-state index in [1.807, 2.05) is 0 Å². The summed E-state index contributed by atoms with van der Waals surface area (Å²) in [6, 6.07) is 3.47. The van der Waals surface area contributed by atoms with Crippen molar-refractivity contribution in [3.63, 3.8) is 0 Å². The Morgan fingerprint density at radius 3 is 2.80 bits per heavy atom. The third-order valence-corrected chi connectivity index (χ3v) is 3.23. The van der Waals surface area contributed by atoms with Crippen molar-refractivity contribution in [1.82, 2.24) is 0 Å². The van der Waals surface area contributed by atoms with Crippen LogP contribution in [0.5, 0.6) is 0 Å². The number of carbonyl (C=O) groups excluding carboxylic acids is 1. The molecule has 0 N–H and O–H groups in total. The van der Waals surface area contributed by atoms with Gasteiger partial charge in [0.1, 0.15) is 6.61 Å². The second-order valence-electron chi connectivity index (χ2n) is 2.74. The van der Waals surface area contributed by atoms with Crippen LogP contribution in [0.1, 0.15) is 16.1 Å². The van der Waals surface area contributed by atoms with Crippen LogP contribution in [0.2, 0.25) is 0 Å². The van der Waals surface area contributed by atoms with E-state index >= 15 is 0 Å². The second-order valence-corrected chi connectivity index (χ2v) is 5.21. The van der Waals surface area contributed by atoms with Crippen molar-refractivity contribution in [2.75, 3.05) is 13.2 Å². The van der Waals surface area contributed by atoms with Gasteiger partial charge in [-0.3, -0.25) is 4.79 Å². The molecular weight excluding hydrogens is 290 g/mol. The van der Waals surface area contributed by atoms with E-state index in [-0.39, 0.29) is 18.8 Å². The highest BCUT2D eigenvalue weighted by Gasteiger charge is 2.09. The predicted molar refractivity (Wildman–Crippen MR) is 57.8 cm³/mol. The Hall–Kier alpha value is -0.330. The van der Waals surface area contributed by atoms with Crippen LogP contribution in [0.25, 0.3) is 0 Å². The second kappa shape index (κ2) is 6.30. The Labute approximate surface area is 98.4 Å². The van der Waals surface area contributed by atoms with E-state index in [2.05, 4.69) is 20.7 Å². The molecule has 84 valence electrons. The maximum atomic E-state index is 11.7. The number of ketones is 1. The van der Waals surface area contributed by atoms with E-state index in [4.69, 9.17) is 0 Å². The van der Waals surface area contributed by atoms with Crippen LogP contribution in [-0.2, 0) is 4.74 Å². The van der Waals surface area contributed by atoms with Gasteiger partial charge in [0.05, 0.1) is 15.3 Å². The minimum Gasteiger partial charge on any atom is -0.375 e. The first-order valence-corrected chi connectivity index (χ1v) is 5.85. The number of Topliss-reactive ketones (excluding diaryl/α,β-unsaturated/α-hetero) is 1. The fraction of sp³-hybridized carbons (Fsp3) is 0.444. The van der Waals surface area contributed by atoms with Crippen molar-refractivity contribution in [3.8, 4) is 0 Å². The van der Waals surface area contributed by atoms with Gasteiger partial charge in [-0.2, -0.15) is 0 Å². The lowest BCUT2D eigenvalue weighted by Crippen LogP contribution is -2.08. The maximum absolute atomic E-state index is 11.7. The lowest BCUT2D eigenvalue weighted by molar-refractivity contribution is 0.0170. The van der Waals surface area contributed by atoms with Gasteiger partial charge >= 0.3 is 0 Å². The molecule has 0 aliphatic carbocycles. The largest absolute Gasteiger partial charge is 0.375 e. The molecule has 2 nitrogen and oxygen atoms in total. The van der Waals surface area contributed by atoms with Crippen molar-refractivity contribution in [1.29, 1.82) is 0 Å². The summed E-state index contributed by atoms with van der Waals surface area (Å²) in [6.45, 7) is -0.569. The van der Waals surface area contributed by atoms with E-state index in [9.17, 15) is 13.6 Å². The number of ether oxygens (including phenoxy) is 1. The van der Waals surface area contributed by atoms with Gasteiger partial charge in [0.15, 0.2) is 5.78 Å². The quantitative estimate of drug-likeness (QED) is 0.594. The van der Waals surface area contributed by atoms with E-state index in [0.717, 1.165) is 3.79 Å². The van der Waals surface area contributed by atoms with Gasteiger partial charge in [0, 0.05) is 6.42 Å². The molecule has 0 saturated heterocycles. The summed E-state index contributed by atoms with van der Waals surface area (Å²) in [4.78, 5) is 12.0. The topological polar surface area (TPSA) is 26.3 Å². The molecule has 6 heteroatoms. The van der Waals surface area contributed by atoms with Gasteiger partial charge in [-0.25, -0.2) is 8.78 Å². The van der Waals surface area contributed by atoms with Gasteiger partial charge in [-0.15, -0.1) is 11.3 Å². The Morgan fingerprint density at radius 2 is 2.27 bits per heavy atom. The van der Waals surface area contributed by atoms with Crippen molar-refractivity contribution in [2.24, 2.45) is 0 Å². The summed E-state index contributed by atoms with van der Waals surface area (Å²) in [5.74, 6) is -0.0834. The molecule has 0 fully saturated rings. The first kappa shape index (κ1) is 12.7. The lowest BCUT2D eigenvalue weighted by atomic mass is 10.2. The van der Waals surface area contributed by atoms with Gasteiger partial charge in [-0.1, -0.05) is 0 Å². The molecule has 0 aromatic carbocycles. The summed E-state index contributed by atoms with van der Waals surface area (Å²) in [6.07, 6.45) is -2.34. The van der Waals surface area contributed by atoms with Gasteiger partial charge in [-0.05, 0) is 28.1 Å². The fourth-order valence-corrected chi connectivity index (χ4v) is 2.28. The lowest BCUT2D eigenvalue weighted by Gasteiger charge is -2.01. The molecule has 0 spiro atoms. The van der Waals surface area contributed by atoms with Gasteiger partial charge in [0.2, 0.25) is 0 Å². The molecule has 1 heterocycles. The average molecular weight is 299 g/mol. The minimum absolute atomic E-state index is 0.0404. The molecule has 0 aliphatic rings. The molecule has 0 saturated carbocycles. The molecule has 0 unspecified atom stereocenters. The molecule has 0 atom stereocenters. The molecule has 1 rings (SSSR count). The van der Waals surface area contributed by atoms with Crippen LogP contribution >= 0.6 is 27.3 Å². The Kier molecular flexibility index (Phi) is 5.35. The molecular formula is C9H9BrF2O2S. The summed E-state index contributed by atoms with van der Waals surface area (Å²) in [5, 5.41) is 0. The van der Waals surface area contributed by atoms with Crippen LogP contribution in [0.15, 0.2) is 15.9 Å². The normalized spacial score (nSPS) is 10.9. The third-order valence-electron chi connectivity index (χ3n) is 1.57. The number of thiophene rings is 1. The van der Waals surface area contributed by atoms with E-state index in [0.29, 0.717) is 4.88 Å². The summed E-state index contributed by atoms with van der Waals surface area (Å²) < 4.78 is 28.8. The highest BCUT2D eigenvalue weighted by molar-refractivity contribution is 9.11. The zero-order valence-corrected chi connectivity index (χ0v) is 10.1. The first-order chi connectivity index (χ1) is 7.09. The van der Waals surface area contributed by atoms with Crippen molar-refractivity contribution in [3.05, 3.63) is 20.8 Å². The number of alkyl halides is 2. The number of hydrogen-bond donors (Lipinski definition) is 0. The summed E-state index contributed by atoms with van der Waals surface area (Å²) >= 11 is 4.56. The standard InChI is InChI=1S/C9H9BrF2O2S/c10-8-2-1-7(15-8)6(13)3-4-14-5-9(11)12/h1-2,9H,3-5H2. The number of rotatable bonds is 6. The predicted octanol–water partition coefficient (Wildman–Crippen LogP) is 3.37. The smallest absolute Gasteiger partial charge is 0.261 e. The first-order valence-electron chi connectivity index (χ1n) is 4.24. The number of halogens is 3. The third kappa shape index (κ3) is 4.81. The van der Waals surface area contributed by atoms with Crippen LogP contribution in [-0.4, -0.2) is 25.4 Å². The Morgan fingerprint density at radius 1 is 1.53 bits per heavy atom. The minimum atomic E-state index is -2.48. The van der Waals surface area contributed by atoms with Crippen molar-refractivity contribution in [2.45, 2.75) is 12.8 Å². The van der Waals surface area contributed by atoms with E-state index in [1.165, 1.54) is 11.3 Å². The molecule has 0 amide bonds. The van der Waals surface area contributed by atoms with Crippen LogP contribution in [0.3, 0.4) is 0 Å².